The van der Waals surface area contributed by atoms with Gasteiger partial charge in [0.15, 0.2) is 0 Å². The van der Waals surface area contributed by atoms with Gasteiger partial charge in [0.05, 0.1) is 6.04 Å². The average molecular weight is 255 g/mol. The molecule has 0 spiro atoms. The number of hydrogen-bond donors (Lipinski definition) is 1. The summed E-state index contributed by atoms with van der Waals surface area (Å²) in [6, 6.07) is 4.16. The molecule has 0 aliphatic carbocycles. The van der Waals surface area contributed by atoms with Gasteiger partial charge in [0, 0.05) is 17.1 Å². The predicted molar refractivity (Wildman–Crippen MR) is 60.1 cm³/mol. The molecule has 74 valence electrons. The van der Waals surface area contributed by atoms with Crippen LogP contribution in [0.5, 0.6) is 0 Å². The Balaban J connectivity index is 2.27. The average Bonchev–Trinajstić information content (AvgIpc) is 2.47. The summed E-state index contributed by atoms with van der Waals surface area (Å²) < 4.78 is 0.963. The van der Waals surface area contributed by atoms with Gasteiger partial charge in [-0.25, -0.2) is 9.99 Å². The molecule has 1 aliphatic heterocycles. The van der Waals surface area contributed by atoms with Crippen LogP contribution in [0.4, 0.5) is 5.82 Å². The van der Waals surface area contributed by atoms with Gasteiger partial charge in [-0.3, -0.25) is 0 Å². The van der Waals surface area contributed by atoms with E-state index in [-0.39, 0.29) is 0 Å². The molecule has 0 saturated heterocycles. The number of anilines is 1. The molecule has 0 amide bonds. The van der Waals surface area contributed by atoms with Crippen molar-refractivity contribution in [2.45, 2.75) is 19.4 Å². The van der Waals surface area contributed by atoms with Crippen LogP contribution in [0.25, 0.3) is 0 Å². The predicted octanol–water partition coefficient (Wildman–Crippen LogP) is 1.71. The highest BCUT2D eigenvalue weighted by molar-refractivity contribution is 9.10. The summed E-state index contributed by atoms with van der Waals surface area (Å²) in [6.07, 6.45) is 2.56. The molecule has 2 N–H and O–H groups in total. The highest BCUT2D eigenvalue weighted by atomic mass is 79.9. The van der Waals surface area contributed by atoms with Crippen LogP contribution >= 0.6 is 15.9 Å². The van der Waals surface area contributed by atoms with Crippen molar-refractivity contribution in [2.75, 3.05) is 5.01 Å². The molecule has 0 aromatic carbocycles. The Morgan fingerprint density at radius 1 is 1.57 bits per heavy atom. The van der Waals surface area contributed by atoms with Crippen molar-refractivity contribution in [2.24, 2.45) is 10.8 Å². The lowest BCUT2D eigenvalue weighted by molar-refractivity contribution is 0.713. The molecule has 0 saturated carbocycles. The van der Waals surface area contributed by atoms with Crippen molar-refractivity contribution < 1.29 is 0 Å². The minimum Gasteiger partial charge on any atom is -0.386 e. The summed E-state index contributed by atoms with van der Waals surface area (Å²) in [5.41, 5.74) is 5.65. The van der Waals surface area contributed by atoms with Crippen LogP contribution < -0.4 is 10.7 Å². The third-order valence-corrected chi connectivity index (χ3v) is 2.57. The molecule has 0 bridgehead atoms. The van der Waals surface area contributed by atoms with Crippen LogP contribution in [0.1, 0.15) is 13.3 Å². The summed E-state index contributed by atoms with van der Waals surface area (Å²) in [5.74, 6) is 1.50. The summed E-state index contributed by atoms with van der Waals surface area (Å²) >= 11 is 3.34. The number of rotatable bonds is 1. The number of nitrogens with zero attached hydrogens (tertiary/aromatic N) is 3. The first-order valence-corrected chi connectivity index (χ1v) is 5.20. The van der Waals surface area contributed by atoms with Crippen LogP contribution in [-0.2, 0) is 0 Å². The number of aromatic nitrogens is 1. The van der Waals surface area contributed by atoms with Crippen LogP contribution in [-0.4, -0.2) is 16.9 Å². The number of nitrogens with two attached hydrogens (primary N) is 1. The van der Waals surface area contributed by atoms with E-state index < -0.39 is 0 Å². The van der Waals surface area contributed by atoms with Gasteiger partial charge >= 0.3 is 0 Å². The second-order valence-corrected chi connectivity index (χ2v) is 4.24. The number of hydrogen-bond acceptors (Lipinski definition) is 4. The molecule has 5 heteroatoms. The summed E-state index contributed by atoms with van der Waals surface area (Å²) in [4.78, 5) is 4.26. The topological polar surface area (TPSA) is 54.5 Å². The van der Waals surface area contributed by atoms with E-state index in [1.165, 1.54) is 0 Å². The molecule has 1 unspecified atom stereocenters. The van der Waals surface area contributed by atoms with Gasteiger partial charge in [-0.2, -0.15) is 5.10 Å². The first-order valence-electron chi connectivity index (χ1n) is 4.40. The van der Waals surface area contributed by atoms with Crippen LogP contribution in [0.15, 0.2) is 27.9 Å². The number of hydrazone groups is 1. The zero-order valence-electron chi connectivity index (χ0n) is 7.81. The molecule has 2 rings (SSSR count). The summed E-state index contributed by atoms with van der Waals surface area (Å²) in [5, 5.41) is 6.07. The highest BCUT2D eigenvalue weighted by Gasteiger charge is 2.22. The third-order valence-electron chi connectivity index (χ3n) is 2.10. The fourth-order valence-electron chi connectivity index (χ4n) is 1.45. The smallest absolute Gasteiger partial charge is 0.149 e. The number of halogens is 1. The first kappa shape index (κ1) is 9.45. The van der Waals surface area contributed by atoms with Crippen LogP contribution in [0.2, 0.25) is 0 Å². The Bertz CT molecular complexity index is 360. The molecular formula is C9H11BrN4. The number of amidine groups is 1. The monoisotopic (exact) mass is 254 g/mol. The molecular weight excluding hydrogens is 244 g/mol. The van der Waals surface area contributed by atoms with Gasteiger partial charge in [-0.15, -0.1) is 0 Å². The van der Waals surface area contributed by atoms with E-state index in [9.17, 15) is 0 Å². The fourth-order valence-corrected chi connectivity index (χ4v) is 1.68. The van der Waals surface area contributed by atoms with Gasteiger partial charge in [-0.05, 0) is 35.0 Å². The molecule has 14 heavy (non-hydrogen) atoms. The first-order chi connectivity index (χ1) is 6.66. The normalized spacial score (nSPS) is 21.1. The van der Waals surface area contributed by atoms with E-state index >= 15 is 0 Å². The molecule has 1 atom stereocenters. The van der Waals surface area contributed by atoms with E-state index in [0.717, 1.165) is 16.7 Å². The van der Waals surface area contributed by atoms with E-state index in [0.29, 0.717) is 11.9 Å². The maximum Gasteiger partial charge on any atom is 0.149 e. The van der Waals surface area contributed by atoms with Crippen molar-refractivity contribution in [1.29, 1.82) is 0 Å². The van der Waals surface area contributed by atoms with Gasteiger partial charge in [0.25, 0.3) is 0 Å². The van der Waals surface area contributed by atoms with E-state index in [2.05, 4.69) is 32.9 Å². The van der Waals surface area contributed by atoms with Gasteiger partial charge in [-0.1, -0.05) is 0 Å². The molecule has 2 heterocycles. The van der Waals surface area contributed by atoms with Crippen LogP contribution in [0.3, 0.4) is 0 Å². The Hall–Kier alpha value is -1.10. The number of pyridine rings is 1. The Kier molecular flexibility index (Phi) is 2.41. The molecule has 1 aromatic rings. The third kappa shape index (κ3) is 1.72. The van der Waals surface area contributed by atoms with E-state index in [1.807, 2.05) is 17.1 Å². The second kappa shape index (κ2) is 3.57. The Morgan fingerprint density at radius 2 is 2.36 bits per heavy atom. The van der Waals surface area contributed by atoms with Crippen molar-refractivity contribution >= 4 is 27.6 Å². The SMILES string of the molecule is CC1CC(N)=NN1c1ccc(Br)cn1. The highest BCUT2D eigenvalue weighted by Crippen LogP contribution is 2.22. The van der Waals surface area contributed by atoms with E-state index in [4.69, 9.17) is 5.73 Å². The maximum absolute atomic E-state index is 5.65. The molecule has 1 aromatic heterocycles. The standard InChI is InChI=1S/C9H11BrN4/c1-6-4-8(11)13-14(6)9-3-2-7(10)5-12-9/h2-3,5-6H,4H2,1H3,(H2,11,13). The Labute approximate surface area is 90.9 Å². The van der Waals surface area contributed by atoms with Crippen molar-refractivity contribution in [3.05, 3.63) is 22.8 Å². The van der Waals surface area contributed by atoms with Crippen molar-refractivity contribution in [3.8, 4) is 0 Å². The lowest BCUT2D eigenvalue weighted by Gasteiger charge is -2.18. The van der Waals surface area contributed by atoms with Gasteiger partial charge < -0.3 is 5.73 Å². The van der Waals surface area contributed by atoms with Gasteiger partial charge in [0.1, 0.15) is 11.7 Å². The van der Waals surface area contributed by atoms with Gasteiger partial charge in [0.2, 0.25) is 0 Å². The zero-order valence-corrected chi connectivity index (χ0v) is 9.40. The molecule has 4 nitrogen and oxygen atoms in total. The summed E-state index contributed by atoms with van der Waals surface area (Å²) in [7, 11) is 0. The second-order valence-electron chi connectivity index (χ2n) is 3.32. The minimum absolute atomic E-state index is 0.295. The minimum atomic E-state index is 0.295. The quantitative estimate of drug-likeness (QED) is 0.831. The van der Waals surface area contributed by atoms with Crippen molar-refractivity contribution in [3.63, 3.8) is 0 Å². The molecule has 0 radical (unpaired) electrons. The molecule has 1 aliphatic rings. The van der Waals surface area contributed by atoms with Crippen molar-refractivity contribution in [1.82, 2.24) is 4.98 Å². The lowest BCUT2D eigenvalue weighted by atomic mass is 10.2. The summed E-state index contributed by atoms with van der Waals surface area (Å²) in [6.45, 7) is 2.08. The van der Waals surface area contributed by atoms with E-state index in [1.54, 1.807) is 6.20 Å². The maximum atomic E-state index is 5.65. The molecule has 0 fully saturated rings. The van der Waals surface area contributed by atoms with Crippen LogP contribution in [0, 0.1) is 0 Å². The lowest BCUT2D eigenvalue weighted by Crippen LogP contribution is -2.23. The Morgan fingerprint density at radius 3 is 2.86 bits per heavy atom. The zero-order chi connectivity index (χ0) is 10.1. The largest absolute Gasteiger partial charge is 0.386 e. The fraction of sp³-hybridized carbons (Fsp3) is 0.333.